The number of ether oxygens (including phenoxy) is 2. The Balaban J connectivity index is 1.85. The highest BCUT2D eigenvalue weighted by atomic mass is 16.5. The third-order valence-electron chi connectivity index (χ3n) is 4.23. The van der Waals surface area contributed by atoms with Gasteiger partial charge in [0.25, 0.3) is 5.91 Å². The molecule has 2 saturated heterocycles. The van der Waals surface area contributed by atoms with Gasteiger partial charge in [-0.2, -0.15) is 0 Å². The Morgan fingerprint density at radius 3 is 2.82 bits per heavy atom. The lowest BCUT2D eigenvalue weighted by molar-refractivity contribution is -0.171. The van der Waals surface area contributed by atoms with Gasteiger partial charge in [-0.15, -0.1) is 6.42 Å². The van der Waals surface area contributed by atoms with Gasteiger partial charge in [0.1, 0.15) is 0 Å². The van der Waals surface area contributed by atoms with E-state index in [2.05, 4.69) is 5.92 Å². The number of amides is 1. The zero-order valence-electron chi connectivity index (χ0n) is 13.2. The minimum Gasteiger partial charge on any atom is -0.390 e. The number of carbonyl (C=O) groups excluding carboxylic acids is 1. The maximum absolute atomic E-state index is 12.5. The number of aliphatic hydroxyl groups is 1. The molecule has 0 radical (unpaired) electrons. The van der Waals surface area contributed by atoms with Crippen molar-refractivity contribution >= 4 is 5.91 Å². The minimum atomic E-state index is -0.741. The normalized spacial score (nSPS) is 29.4. The molecule has 0 unspecified atom stereocenters. The number of terminal acetylenes is 1. The first-order valence-corrected chi connectivity index (χ1v) is 7.94. The van der Waals surface area contributed by atoms with E-state index in [9.17, 15) is 9.90 Å². The molecule has 1 amide bonds. The number of carbonyl (C=O) groups is 1. The van der Waals surface area contributed by atoms with Crippen LogP contribution < -0.4 is 0 Å². The Hall–Kier alpha value is -1.13. The van der Waals surface area contributed by atoms with Crippen LogP contribution in [0.5, 0.6) is 0 Å². The van der Waals surface area contributed by atoms with Crippen molar-refractivity contribution in [2.24, 2.45) is 0 Å². The molecule has 0 aromatic carbocycles. The quantitative estimate of drug-likeness (QED) is 0.707. The molecule has 0 aliphatic carbocycles. The molecule has 0 saturated carbocycles. The first kappa shape index (κ1) is 17.2. The van der Waals surface area contributed by atoms with Gasteiger partial charge in [-0.1, -0.05) is 5.92 Å². The van der Waals surface area contributed by atoms with Gasteiger partial charge in [0.2, 0.25) is 0 Å². The highest BCUT2D eigenvalue weighted by Gasteiger charge is 2.37. The van der Waals surface area contributed by atoms with Crippen molar-refractivity contribution < 1.29 is 19.4 Å². The van der Waals surface area contributed by atoms with Gasteiger partial charge in [0.15, 0.2) is 6.10 Å². The summed E-state index contributed by atoms with van der Waals surface area (Å²) >= 11 is 0. The maximum atomic E-state index is 12.5. The molecule has 1 N–H and O–H groups in total. The van der Waals surface area contributed by atoms with E-state index >= 15 is 0 Å². The van der Waals surface area contributed by atoms with Crippen LogP contribution in [0.2, 0.25) is 0 Å². The maximum Gasteiger partial charge on any atom is 0.254 e. The molecule has 2 heterocycles. The molecule has 2 aliphatic rings. The van der Waals surface area contributed by atoms with Crippen molar-refractivity contribution in [2.45, 2.75) is 37.6 Å². The molecule has 22 heavy (non-hydrogen) atoms. The zero-order chi connectivity index (χ0) is 15.9. The predicted octanol–water partition coefficient (Wildman–Crippen LogP) is -0.291. The first-order valence-electron chi connectivity index (χ1n) is 7.94. The second-order valence-corrected chi connectivity index (χ2v) is 5.99. The third-order valence-corrected chi connectivity index (χ3v) is 4.23. The topological polar surface area (TPSA) is 62.2 Å². The van der Waals surface area contributed by atoms with E-state index < -0.39 is 12.2 Å². The molecule has 6 heteroatoms. The summed E-state index contributed by atoms with van der Waals surface area (Å²) < 4.78 is 11.1. The molecule has 0 aromatic heterocycles. The van der Waals surface area contributed by atoms with Gasteiger partial charge in [-0.3, -0.25) is 9.69 Å². The average molecular weight is 310 g/mol. The smallest absolute Gasteiger partial charge is 0.254 e. The molecule has 6 nitrogen and oxygen atoms in total. The van der Waals surface area contributed by atoms with Crippen LogP contribution in [0.3, 0.4) is 0 Å². The van der Waals surface area contributed by atoms with Crippen LogP contribution >= 0.6 is 0 Å². The fourth-order valence-electron chi connectivity index (χ4n) is 2.87. The number of hydrogen-bond acceptors (Lipinski definition) is 5. The van der Waals surface area contributed by atoms with Gasteiger partial charge in [0.05, 0.1) is 32.0 Å². The van der Waals surface area contributed by atoms with E-state index in [0.29, 0.717) is 39.3 Å². The Morgan fingerprint density at radius 2 is 2.14 bits per heavy atom. The Kier molecular flexibility index (Phi) is 6.65. The molecule has 124 valence electrons. The largest absolute Gasteiger partial charge is 0.390 e. The summed E-state index contributed by atoms with van der Waals surface area (Å²) in [5.74, 6) is 2.49. The lowest BCUT2D eigenvalue weighted by Gasteiger charge is -2.37. The van der Waals surface area contributed by atoms with E-state index in [0.717, 1.165) is 19.4 Å². The van der Waals surface area contributed by atoms with Gasteiger partial charge in [-0.25, -0.2) is 0 Å². The fraction of sp³-hybridized carbons (Fsp3) is 0.812. The number of nitrogens with zero attached hydrogens (tertiary/aromatic N) is 2. The number of rotatable bonds is 5. The highest BCUT2D eigenvalue weighted by molar-refractivity contribution is 5.81. The SMILES string of the molecule is C#CCN(C)CC[C@@H]1CC[C@H](O)[C@@H](C(=O)N2CCOCC2)O1. The third kappa shape index (κ3) is 4.68. The van der Waals surface area contributed by atoms with Crippen LogP contribution in [-0.2, 0) is 14.3 Å². The van der Waals surface area contributed by atoms with Gasteiger partial charge in [-0.05, 0) is 26.3 Å². The second kappa shape index (κ2) is 8.49. The molecular formula is C16H26N2O4. The molecule has 0 aromatic rings. The van der Waals surface area contributed by atoms with Crippen LogP contribution in [0.4, 0.5) is 0 Å². The molecule has 2 rings (SSSR count). The van der Waals surface area contributed by atoms with Crippen molar-refractivity contribution in [1.29, 1.82) is 0 Å². The van der Waals surface area contributed by atoms with E-state index in [1.165, 1.54) is 0 Å². The molecule has 0 spiro atoms. The molecule has 2 fully saturated rings. The summed E-state index contributed by atoms with van der Waals surface area (Å²) in [7, 11) is 1.97. The zero-order valence-corrected chi connectivity index (χ0v) is 13.2. The number of hydrogen-bond donors (Lipinski definition) is 1. The highest BCUT2D eigenvalue weighted by Crippen LogP contribution is 2.23. The molecule has 0 bridgehead atoms. The molecule has 2 aliphatic heterocycles. The van der Waals surface area contributed by atoms with Crippen LogP contribution in [0.25, 0.3) is 0 Å². The van der Waals surface area contributed by atoms with Gasteiger partial charge < -0.3 is 19.5 Å². The van der Waals surface area contributed by atoms with Crippen LogP contribution in [0, 0.1) is 12.3 Å². The fourth-order valence-corrected chi connectivity index (χ4v) is 2.87. The van der Waals surface area contributed by atoms with E-state index in [4.69, 9.17) is 15.9 Å². The minimum absolute atomic E-state index is 0.00128. The number of morpholine rings is 1. The Labute approximate surface area is 132 Å². The summed E-state index contributed by atoms with van der Waals surface area (Å²) in [4.78, 5) is 16.3. The Morgan fingerprint density at radius 1 is 1.41 bits per heavy atom. The van der Waals surface area contributed by atoms with Crippen molar-refractivity contribution in [2.75, 3.05) is 46.4 Å². The van der Waals surface area contributed by atoms with Crippen molar-refractivity contribution in [1.82, 2.24) is 9.80 Å². The molecular weight excluding hydrogens is 284 g/mol. The first-order chi connectivity index (χ1) is 10.6. The summed E-state index contributed by atoms with van der Waals surface area (Å²) in [6.07, 6.45) is 6.02. The van der Waals surface area contributed by atoms with Gasteiger partial charge in [0, 0.05) is 19.6 Å². The summed E-state index contributed by atoms with van der Waals surface area (Å²) in [5, 5.41) is 10.1. The van der Waals surface area contributed by atoms with Crippen LogP contribution in [-0.4, -0.2) is 85.6 Å². The monoisotopic (exact) mass is 310 g/mol. The predicted molar refractivity (Wildman–Crippen MR) is 82.2 cm³/mol. The lowest BCUT2D eigenvalue weighted by atomic mass is 9.98. The van der Waals surface area contributed by atoms with Crippen LogP contribution in [0.1, 0.15) is 19.3 Å². The summed E-state index contributed by atoms with van der Waals surface area (Å²) in [6, 6.07) is 0. The van der Waals surface area contributed by atoms with Crippen molar-refractivity contribution in [3.05, 3.63) is 0 Å². The summed E-state index contributed by atoms with van der Waals surface area (Å²) in [5.41, 5.74) is 0. The van der Waals surface area contributed by atoms with Gasteiger partial charge >= 0.3 is 0 Å². The lowest BCUT2D eigenvalue weighted by Crippen LogP contribution is -2.53. The Bertz CT molecular complexity index is 403. The van der Waals surface area contributed by atoms with E-state index in [1.807, 2.05) is 11.9 Å². The average Bonchev–Trinajstić information content (AvgIpc) is 2.54. The number of aliphatic hydroxyl groups excluding tert-OH is 1. The molecule has 3 atom stereocenters. The summed E-state index contributed by atoms with van der Waals surface area (Å²) in [6.45, 7) is 3.67. The second-order valence-electron chi connectivity index (χ2n) is 5.99. The van der Waals surface area contributed by atoms with Crippen molar-refractivity contribution in [3.8, 4) is 12.3 Å². The standard InChI is InChI=1S/C16H26N2O4/c1-3-7-17(2)8-6-13-4-5-14(19)15(22-13)16(20)18-9-11-21-12-10-18/h1,13-15,19H,4-12H2,2H3/t13-,14-,15-/m0/s1. The van der Waals surface area contributed by atoms with E-state index in [1.54, 1.807) is 4.90 Å². The van der Waals surface area contributed by atoms with E-state index in [-0.39, 0.29) is 12.0 Å². The van der Waals surface area contributed by atoms with Crippen molar-refractivity contribution in [3.63, 3.8) is 0 Å². The van der Waals surface area contributed by atoms with Crippen LogP contribution in [0.15, 0.2) is 0 Å².